The van der Waals surface area contributed by atoms with Crippen molar-refractivity contribution in [3.05, 3.63) is 59.2 Å². The van der Waals surface area contributed by atoms with Crippen LogP contribution in [0.15, 0.2) is 47.8 Å². The molecule has 1 aromatic carbocycles. The molecule has 3 aliphatic rings. The van der Waals surface area contributed by atoms with Crippen molar-refractivity contribution in [3.8, 4) is 0 Å². The van der Waals surface area contributed by atoms with E-state index in [0.717, 1.165) is 30.6 Å². The summed E-state index contributed by atoms with van der Waals surface area (Å²) in [7, 11) is 0. The number of alkyl halides is 3. The van der Waals surface area contributed by atoms with Gasteiger partial charge in [-0.25, -0.2) is 8.78 Å². The number of hydrogen-bond donors (Lipinski definition) is 2. The van der Waals surface area contributed by atoms with Crippen molar-refractivity contribution < 1.29 is 22.0 Å². The predicted molar refractivity (Wildman–Crippen MR) is 87.7 cm³/mol. The maximum Gasteiger partial charge on any atom is 0.418 e. The summed E-state index contributed by atoms with van der Waals surface area (Å²) in [4.78, 5) is 0. The molecule has 7 heteroatoms. The van der Waals surface area contributed by atoms with Crippen molar-refractivity contribution in [1.29, 1.82) is 0 Å². The lowest BCUT2D eigenvalue weighted by Crippen LogP contribution is -2.48. The Hall–Kier alpha value is -1.73. The highest BCUT2D eigenvalue weighted by Gasteiger charge is 2.48. The van der Waals surface area contributed by atoms with Crippen LogP contribution in [0.3, 0.4) is 0 Å². The largest absolute Gasteiger partial charge is 0.418 e. The average Bonchev–Trinajstić information content (AvgIpc) is 3.18. The molecule has 0 saturated carbocycles. The average molecular weight is 370 g/mol. The van der Waals surface area contributed by atoms with Crippen molar-refractivity contribution in [2.75, 3.05) is 0 Å². The van der Waals surface area contributed by atoms with Crippen molar-refractivity contribution in [2.45, 2.75) is 55.5 Å². The Balaban J connectivity index is 1.57. The molecule has 4 rings (SSSR count). The molecule has 2 fully saturated rings. The highest BCUT2D eigenvalue weighted by Crippen LogP contribution is 2.41. The van der Waals surface area contributed by atoms with Crippen LogP contribution in [0.25, 0.3) is 0 Å². The van der Waals surface area contributed by atoms with E-state index in [1.54, 1.807) is 12.1 Å². The van der Waals surface area contributed by atoms with Gasteiger partial charge in [0.2, 0.25) is 0 Å². The van der Waals surface area contributed by atoms with Crippen LogP contribution in [0, 0.1) is 5.82 Å². The van der Waals surface area contributed by atoms with Crippen LogP contribution in [-0.2, 0) is 0 Å². The van der Waals surface area contributed by atoms with Gasteiger partial charge in [0.05, 0.1) is 5.57 Å². The monoisotopic (exact) mass is 370 g/mol. The van der Waals surface area contributed by atoms with Crippen LogP contribution in [0.2, 0.25) is 0 Å². The Labute approximate surface area is 148 Å². The van der Waals surface area contributed by atoms with Gasteiger partial charge in [0.1, 0.15) is 11.6 Å². The number of benzene rings is 1. The van der Waals surface area contributed by atoms with E-state index in [2.05, 4.69) is 10.6 Å². The zero-order chi connectivity index (χ0) is 18.5. The normalized spacial score (nSPS) is 34.0. The highest BCUT2D eigenvalue weighted by molar-refractivity contribution is 5.36. The minimum atomic E-state index is -4.70. The third kappa shape index (κ3) is 3.18. The molecule has 5 unspecified atom stereocenters. The first kappa shape index (κ1) is 17.7. The fourth-order valence-electron chi connectivity index (χ4n) is 4.49. The second-order valence-electron chi connectivity index (χ2n) is 7.20. The van der Waals surface area contributed by atoms with E-state index in [4.69, 9.17) is 0 Å². The van der Waals surface area contributed by atoms with Crippen molar-refractivity contribution in [1.82, 2.24) is 10.6 Å². The van der Waals surface area contributed by atoms with Crippen molar-refractivity contribution in [3.63, 3.8) is 0 Å². The van der Waals surface area contributed by atoms with E-state index >= 15 is 0 Å². The molecule has 1 aromatic rings. The number of fused-ring (bicyclic) bond motifs is 2. The fourth-order valence-corrected chi connectivity index (χ4v) is 4.49. The molecular formula is C19H19F5N2. The second kappa shape index (κ2) is 6.46. The molecule has 0 amide bonds. The zero-order valence-corrected chi connectivity index (χ0v) is 13.9. The first-order valence-electron chi connectivity index (χ1n) is 8.75. The quantitative estimate of drug-likeness (QED) is 0.783. The van der Waals surface area contributed by atoms with Gasteiger partial charge in [-0.1, -0.05) is 18.2 Å². The lowest BCUT2D eigenvalue weighted by atomic mass is 9.79. The maximum atomic E-state index is 13.6. The van der Waals surface area contributed by atoms with Gasteiger partial charge in [0.15, 0.2) is 0 Å². The third-order valence-corrected chi connectivity index (χ3v) is 5.61. The molecule has 140 valence electrons. The van der Waals surface area contributed by atoms with Crippen LogP contribution in [0.1, 0.15) is 30.7 Å². The Morgan fingerprint density at radius 2 is 1.69 bits per heavy atom. The molecular weight excluding hydrogens is 351 g/mol. The summed E-state index contributed by atoms with van der Waals surface area (Å²) in [6, 6.07) is 5.96. The Kier molecular flexibility index (Phi) is 4.39. The Morgan fingerprint density at radius 1 is 1.00 bits per heavy atom. The van der Waals surface area contributed by atoms with Gasteiger partial charge < -0.3 is 10.6 Å². The molecule has 26 heavy (non-hydrogen) atoms. The van der Waals surface area contributed by atoms with E-state index in [-0.39, 0.29) is 36.3 Å². The van der Waals surface area contributed by atoms with Crippen LogP contribution in [0.4, 0.5) is 22.0 Å². The van der Waals surface area contributed by atoms with Gasteiger partial charge in [-0.05, 0) is 43.0 Å². The van der Waals surface area contributed by atoms with E-state index in [0.29, 0.717) is 0 Å². The van der Waals surface area contributed by atoms with Gasteiger partial charge in [0, 0.05) is 30.1 Å². The summed E-state index contributed by atoms with van der Waals surface area (Å²) in [6.45, 7) is 0. The molecule has 2 aliphatic heterocycles. The van der Waals surface area contributed by atoms with Crippen molar-refractivity contribution >= 4 is 0 Å². The van der Waals surface area contributed by atoms with E-state index in [9.17, 15) is 22.0 Å². The lowest BCUT2D eigenvalue weighted by Gasteiger charge is -2.34. The van der Waals surface area contributed by atoms with E-state index < -0.39 is 23.6 Å². The summed E-state index contributed by atoms with van der Waals surface area (Å²) in [5.41, 5.74) is -0.253. The molecule has 2 N–H and O–H groups in total. The molecule has 0 radical (unpaired) electrons. The number of halogens is 5. The van der Waals surface area contributed by atoms with Crippen LogP contribution in [0.5, 0.6) is 0 Å². The van der Waals surface area contributed by atoms with Gasteiger partial charge in [-0.3, -0.25) is 0 Å². The molecule has 0 aromatic heterocycles. The first-order chi connectivity index (χ1) is 12.3. The summed E-state index contributed by atoms with van der Waals surface area (Å²) >= 11 is 0. The summed E-state index contributed by atoms with van der Waals surface area (Å²) < 4.78 is 65.7. The molecule has 2 saturated heterocycles. The zero-order valence-electron chi connectivity index (χ0n) is 13.9. The molecule has 2 heterocycles. The number of allylic oxidation sites excluding steroid dienone is 2. The SMILES string of the molecule is FC1=CCC(NC2C3CCC(N3)C2c2ccc(F)cc2)C=C1C(F)(F)F. The topological polar surface area (TPSA) is 24.1 Å². The van der Waals surface area contributed by atoms with Gasteiger partial charge in [-0.15, -0.1) is 0 Å². The number of hydrogen-bond acceptors (Lipinski definition) is 2. The smallest absolute Gasteiger partial charge is 0.309 e. The van der Waals surface area contributed by atoms with Crippen LogP contribution in [-0.4, -0.2) is 30.3 Å². The Morgan fingerprint density at radius 3 is 2.38 bits per heavy atom. The second-order valence-corrected chi connectivity index (χ2v) is 7.20. The Bertz CT molecular complexity index is 737. The van der Waals surface area contributed by atoms with Crippen LogP contribution >= 0.6 is 0 Å². The van der Waals surface area contributed by atoms with Gasteiger partial charge >= 0.3 is 6.18 Å². The molecule has 2 bridgehead atoms. The van der Waals surface area contributed by atoms with Crippen molar-refractivity contribution in [2.24, 2.45) is 0 Å². The van der Waals surface area contributed by atoms with Gasteiger partial charge in [-0.2, -0.15) is 13.2 Å². The first-order valence-corrected chi connectivity index (χ1v) is 8.75. The fraction of sp³-hybridized carbons (Fsp3) is 0.474. The standard InChI is InChI=1S/C19H19F5N2/c20-11-3-1-10(2-4-11)17-15-7-8-16(26-15)18(17)25-12-5-6-14(21)13(9-12)19(22,23)24/h1-4,6,9,12,15-18,25-26H,5,7-8H2. The minimum Gasteiger partial charge on any atom is -0.309 e. The predicted octanol–water partition coefficient (Wildman–Crippen LogP) is 4.12. The number of nitrogens with one attached hydrogen (secondary N) is 2. The van der Waals surface area contributed by atoms with Crippen LogP contribution < -0.4 is 10.6 Å². The molecule has 0 spiro atoms. The molecule has 1 aliphatic carbocycles. The number of rotatable bonds is 3. The minimum absolute atomic E-state index is 0.0489. The van der Waals surface area contributed by atoms with E-state index in [1.165, 1.54) is 12.1 Å². The molecule has 2 nitrogen and oxygen atoms in total. The molecule has 5 atom stereocenters. The maximum absolute atomic E-state index is 13.6. The third-order valence-electron chi connectivity index (χ3n) is 5.61. The summed E-state index contributed by atoms with van der Waals surface area (Å²) in [5.74, 6) is -1.48. The summed E-state index contributed by atoms with van der Waals surface area (Å²) in [6.07, 6.45) is -0.669. The van der Waals surface area contributed by atoms with Gasteiger partial charge in [0.25, 0.3) is 0 Å². The highest BCUT2D eigenvalue weighted by atomic mass is 19.4. The lowest BCUT2D eigenvalue weighted by molar-refractivity contribution is -0.0917. The summed E-state index contributed by atoms with van der Waals surface area (Å²) in [5, 5.41) is 6.78. The van der Waals surface area contributed by atoms with E-state index in [1.807, 2.05) is 0 Å².